The van der Waals surface area contributed by atoms with Crippen LogP contribution in [0.5, 0.6) is 0 Å². The van der Waals surface area contributed by atoms with E-state index < -0.39 is 0 Å². The van der Waals surface area contributed by atoms with Gasteiger partial charge in [-0.05, 0) is 31.7 Å². The average molecular weight is 225 g/mol. The summed E-state index contributed by atoms with van der Waals surface area (Å²) >= 11 is 0. The SMILES string of the molecule is CNC(CCCC(C)C)CC1CCCCC1. The van der Waals surface area contributed by atoms with Gasteiger partial charge in [-0.2, -0.15) is 0 Å². The number of hydrogen-bond acceptors (Lipinski definition) is 1. The van der Waals surface area contributed by atoms with Crippen LogP contribution in [0.1, 0.15) is 71.6 Å². The lowest BCUT2D eigenvalue weighted by Crippen LogP contribution is -2.28. The van der Waals surface area contributed by atoms with Crippen LogP contribution in [0, 0.1) is 11.8 Å². The topological polar surface area (TPSA) is 12.0 Å². The predicted octanol–water partition coefficient (Wildman–Crippen LogP) is 4.37. The molecule has 0 aromatic heterocycles. The van der Waals surface area contributed by atoms with E-state index in [0.29, 0.717) is 0 Å². The van der Waals surface area contributed by atoms with E-state index in [1.165, 1.54) is 57.8 Å². The van der Waals surface area contributed by atoms with Crippen molar-refractivity contribution >= 4 is 0 Å². The maximum atomic E-state index is 3.52. The average Bonchev–Trinajstić information content (AvgIpc) is 2.28. The maximum absolute atomic E-state index is 3.52. The molecule has 1 unspecified atom stereocenters. The minimum Gasteiger partial charge on any atom is -0.317 e. The van der Waals surface area contributed by atoms with Crippen molar-refractivity contribution in [3.05, 3.63) is 0 Å². The molecule has 96 valence electrons. The molecular formula is C15H31N. The third-order valence-corrected chi connectivity index (χ3v) is 4.08. The summed E-state index contributed by atoms with van der Waals surface area (Å²) in [5.74, 6) is 1.89. The summed E-state index contributed by atoms with van der Waals surface area (Å²) in [7, 11) is 2.14. The molecule has 0 bridgehead atoms. The standard InChI is InChI=1S/C15H31N/c1-13(2)8-7-11-15(16-3)12-14-9-5-4-6-10-14/h13-16H,4-12H2,1-3H3. The highest BCUT2D eigenvalue weighted by molar-refractivity contribution is 4.73. The summed E-state index contributed by atoms with van der Waals surface area (Å²) in [6.07, 6.45) is 13.0. The first-order valence-corrected chi connectivity index (χ1v) is 7.39. The van der Waals surface area contributed by atoms with E-state index in [2.05, 4.69) is 26.2 Å². The lowest BCUT2D eigenvalue weighted by Gasteiger charge is -2.26. The molecule has 1 N–H and O–H groups in total. The van der Waals surface area contributed by atoms with Crippen LogP contribution in [0.15, 0.2) is 0 Å². The van der Waals surface area contributed by atoms with Gasteiger partial charge in [0.25, 0.3) is 0 Å². The summed E-state index contributed by atoms with van der Waals surface area (Å²) in [6, 6.07) is 0.779. The number of hydrogen-bond donors (Lipinski definition) is 1. The highest BCUT2D eigenvalue weighted by Crippen LogP contribution is 2.28. The molecule has 0 heterocycles. The predicted molar refractivity (Wildman–Crippen MR) is 72.7 cm³/mol. The first kappa shape index (κ1) is 14.0. The monoisotopic (exact) mass is 225 g/mol. The van der Waals surface area contributed by atoms with E-state index in [9.17, 15) is 0 Å². The summed E-state index contributed by atoms with van der Waals surface area (Å²) in [5.41, 5.74) is 0. The van der Waals surface area contributed by atoms with Crippen molar-refractivity contribution in [2.45, 2.75) is 77.7 Å². The van der Waals surface area contributed by atoms with Crippen molar-refractivity contribution in [3.63, 3.8) is 0 Å². The fraction of sp³-hybridized carbons (Fsp3) is 1.00. The van der Waals surface area contributed by atoms with Crippen LogP contribution in [-0.4, -0.2) is 13.1 Å². The van der Waals surface area contributed by atoms with Crippen LogP contribution in [-0.2, 0) is 0 Å². The summed E-state index contributed by atoms with van der Waals surface area (Å²) in [5, 5.41) is 3.52. The molecule has 0 aromatic carbocycles. The minimum absolute atomic E-state index is 0.779. The molecule has 0 aromatic rings. The van der Waals surface area contributed by atoms with Gasteiger partial charge >= 0.3 is 0 Å². The van der Waals surface area contributed by atoms with E-state index in [1.807, 2.05) is 0 Å². The van der Waals surface area contributed by atoms with E-state index in [4.69, 9.17) is 0 Å². The van der Waals surface area contributed by atoms with Crippen molar-refractivity contribution < 1.29 is 0 Å². The minimum atomic E-state index is 0.779. The quantitative estimate of drug-likeness (QED) is 0.678. The molecule has 1 heteroatoms. The summed E-state index contributed by atoms with van der Waals surface area (Å²) in [6.45, 7) is 4.66. The van der Waals surface area contributed by atoms with Crippen LogP contribution >= 0.6 is 0 Å². The normalized spacial score (nSPS) is 20.2. The number of nitrogens with one attached hydrogen (secondary N) is 1. The molecular weight excluding hydrogens is 194 g/mol. The fourth-order valence-corrected chi connectivity index (χ4v) is 2.98. The van der Waals surface area contributed by atoms with Gasteiger partial charge in [-0.25, -0.2) is 0 Å². The lowest BCUT2D eigenvalue weighted by atomic mass is 9.84. The third-order valence-electron chi connectivity index (χ3n) is 4.08. The zero-order valence-corrected chi connectivity index (χ0v) is 11.6. The van der Waals surface area contributed by atoms with Crippen LogP contribution in [0.4, 0.5) is 0 Å². The van der Waals surface area contributed by atoms with Crippen LogP contribution in [0.25, 0.3) is 0 Å². The Morgan fingerprint density at radius 2 is 1.75 bits per heavy atom. The van der Waals surface area contributed by atoms with Gasteiger partial charge in [0.05, 0.1) is 0 Å². The Kier molecular flexibility index (Phi) is 7.11. The molecule has 1 aliphatic rings. The molecule has 1 aliphatic carbocycles. The van der Waals surface area contributed by atoms with Crippen LogP contribution in [0.3, 0.4) is 0 Å². The van der Waals surface area contributed by atoms with E-state index in [0.717, 1.165) is 17.9 Å². The second kappa shape index (κ2) is 8.11. The molecule has 1 saturated carbocycles. The van der Waals surface area contributed by atoms with Crippen LogP contribution in [0.2, 0.25) is 0 Å². The van der Waals surface area contributed by atoms with Crippen molar-refractivity contribution in [1.82, 2.24) is 5.32 Å². The Morgan fingerprint density at radius 3 is 2.31 bits per heavy atom. The fourth-order valence-electron chi connectivity index (χ4n) is 2.98. The molecule has 1 rings (SSSR count). The molecule has 0 saturated heterocycles. The van der Waals surface area contributed by atoms with Crippen molar-refractivity contribution in [3.8, 4) is 0 Å². The maximum Gasteiger partial charge on any atom is 0.00667 e. The van der Waals surface area contributed by atoms with Crippen molar-refractivity contribution in [2.24, 2.45) is 11.8 Å². The first-order valence-electron chi connectivity index (χ1n) is 7.39. The molecule has 0 radical (unpaired) electrons. The smallest absolute Gasteiger partial charge is 0.00667 e. The second-order valence-electron chi connectivity index (χ2n) is 6.05. The highest BCUT2D eigenvalue weighted by atomic mass is 14.9. The lowest BCUT2D eigenvalue weighted by molar-refractivity contribution is 0.292. The van der Waals surface area contributed by atoms with Gasteiger partial charge < -0.3 is 5.32 Å². The summed E-state index contributed by atoms with van der Waals surface area (Å²) < 4.78 is 0. The van der Waals surface area contributed by atoms with Gasteiger partial charge in [0.2, 0.25) is 0 Å². The van der Waals surface area contributed by atoms with Gasteiger partial charge in [0.15, 0.2) is 0 Å². The molecule has 1 fully saturated rings. The van der Waals surface area contributed by atoms with Gasteiger partial charge in [0, 0.05) is 6.04 Å². The van der Waals surface area contributed by atoms with Gasteiger partial charge in [-0.1, -0.05) is 58.8 Å². The van der Waals surface area contributed by atoms with E-state index >= 15 is 0 Å². The molecule has 0 amide bonds. The highest BCUT2D eigenvalue weighted by Gasteiger charge is 2.17. The largest absolute Gasteiger partial charge is 0.317 e. The van der Waals surface area contributed by atoms with E-state index in [-0.39, 0.29) is 0 Å². The Labute approximate surface area is 102 Å². The van der Waals surface area contributed by atoms with E-state index in [1.54, 1.807) is 0 Å². The molecule has 1 atom stereocenters. The molecule has 16 heavy (non-hydrogen) atoms. The Hall–Kier alpha value is -0.0400. The molecule has 1 nitrogen and oxygen atoms in total. The summed E-state index contributed by atoms with van der Waals surface area (Å²) in [4.78, 5) is 0. The first-order chi connectivity index (χ1) is 7.72. The Morgan fingerprint density at radius 1 is 1.06 bits per heavy atom. The Balaban J connectivity index is 2.14. The zero-order valence-electron chi connectivity index (χ0n) is 11.6. The van der Waals surface area contributed by atoms with Crippen LogP contribution < -0.4 is 5.32 Å². The van der Waals surface area contributed by atoms with Crippen molar-refractivity contribution in [1.29, 1.82) is 0 Å². The van der Waals surface area contributed by atoms with Gasteiger partial charge in [-0.15, -0.1) is 0 Å². The molecule has 0 spiro atoms. The second-order valence-corrected chi connectivity index (χ2v) is 6.05. The third kappa shape index (κ3) is 5.89. The Bertz CT molecular complexity index is 159. The van der Waals surface area contributed by atoms with Gasteiger partial charge in [-0.3, -0.25) is 0 Å². The van der Waals surface area contributed by atoms with Crippen molar-refractivity contribution in [2.75, 3.05) is 7.05 Å². The molecule has 0 aliphatic heterocycles. The number of rotatable bonds is 7. The van der Waals surface area contributed by atoms with Gasteiger partial charge in [0.1, 0.15) is 0 Å². The zero-order chi connectivity index (χ0) is 11.8.